The zero-order valence-electron chi connectivity index (χ0n) is 13.3. The Morgan fingerprint density at radius 1 is 1.45 bits per heavy atom. The number of alkyl halides is 1. The molecule has 0 bridgehead atoms. The summed E-state index contributed by atoms with van der Waals surface area (Å²) in [4.78, 5) is 12.1. The van der Waals surface area contributed by atoms with E-state index in [0.29, 0.717) is 23.0 Å². The molecule has 1 aliphatic rings. The van der Waals surface area contributed by atoms with E-state index in [0.717, 1.165) is 4.68 Å². The van der Waals surface area contributed by atoms with Crippen LogP contribution in [0.5, 0.6) is 0 Å². The van der Waals surface area contributed by atoms with Crippen LogP contribution in [0.15, 0.2) is 26.4 Å². The van der Waals surface area contributed by atoms with Crippen LogP contribution in [0.3, 0.4) is 0 Å². The average Bonchev–Trinajstić information content (AvgIpc) is 2.73. The van der Waals surface area contributed by atoms with Crippen LogP contribution in [-0.2, 0) is 10.2 Å². The van der Waals surface area contributed by atoms with Gasteiger partial charge in [0, 0.05) is 11.8 Å². The van der Waals surface area contributed by atoms with Gasteiger partial charge in [0.05, 0.1) is 16.8 Å². The molecule has 0 aromatic carbocycles. The molecule has 22 heavy (non-hydrogen) atoms. The second kappa shape index (κ2) is 5.87. The number of allylic oxidation sites excluding steroid dienone is 2. The Kier molecular flexibility index (Phi) is 4.62. The van der Waals surface area contributed by atoms with E-state index in [9.17, 15) is 4.79 Å². The quantitative estimate of drug-likeness (QED) is 0.779. The first kappa shape index (κ1) is 17.3. The molecule has 1 aromatic rings. The van der Waals surface area contributed by atoms with E-state index in [1.807, 2.05) is 34.6 Å². The highest BCUT2D eigenvalue weighted by atomic mass is 35.5. The molecule has 0 amide bonds. The predicted octanol–water partition coefficient (Wildman–Crippen LogP) is 3.86. The summed E-state index contributed by atoms with van der Waals surface area (Å²) < 4.78 is 12.0. The van der Waals surface area contributed by atoms with Crippen LogP contribution in [0.25, 0.3) is 5.70 Å². The van der Waals surface area contributed by atoms with Gasteiger partial charge in [-0.25, -0.2) is 4.79 Å². The van der Waals surface area contributed by atoms with Crippen molar-refractivity contribution in [3.63, 3.8) is 0 Å². The Morgan fingerprint density at radius 2 is 2.09 bits per heavy atom. The number of hydrogen-bond donors (Lipinski definition) is 0. The fourth-order valence-electron chi connectivity index (χ4n) is 2.03. The highest BCUT2D eigenvalue weighted by Gasteiger charge is 2.33. The number of aromatic nitrogens is 2. The molecule has 1 heterocycles. The van der Waals surface area contributed by atoms with Crippen molar-refractivity contribution in [2.75, 3.05) is 0 Å². The Morgan fingerprint density at radius 3 is 2.59 bits per heavy atom. The van der Waals surface area contributed by atoms with Crippen LogP contribution in [0.4, 0.5) is 0 Å². The summed E-state index contributed by atoms with van der Waals surface area (Å²) in [6.07, 6.45) is 3.66. The molecule has 0 spiro atoms. The van der Waals surface area contributed by atoms with Gasteiger partial charge < -0.3 is 9.15 Å². The second-order valence-electron chi connectivity index (χ2n) is 6.57. The molecule has 1 unspecified atom stereocenters. The zero-order chi connectivity index (χ0) is 16.7. The monoisotopic (exact) mass is 346 g/mol. The molecule has 1 aliphatic carbocycles. The third-order valence-electron chi connectivity index (χ3n) is 3.01. The largest absolute Gasteiger partial charge is 0.442 e. The standard InChI is InChI=1S/C15H20Cl2N2O3/c1-9(2)22-15(17)7-6-10(16)11(8-15)19-13(20)21-12(18-19)14(3,4)5/h6,8-9H,7H2,1-5H3. The lowest BCUT2D eigenvalue weighted by atomic mass is 9.97. The number of rotatable bonds is 3. The summed E-state index contributed by atoms with van der Waals surface area (Å²) in [6.45, 7) is 9.49. The minimum atomic E-state index is -1.05. The van der Waals surface area contributed by atoms with Gasteiger partial charge in [0.1, 0.15) is 0 Å². The van der Waals surface area contributed by atoms with E-state index in [4.69, 9.17) is 32.4 Å². The average molecular weight is 347 g/mol. The fourth-order valence-corrected chi connectivity index (χ4v) is 2.61. The van der Waals surface area contributed by atoms with Crippen LogP contribution in [0.2, 0.25) is 0 Å². The lowest BCUT2D eigenvalue weighted by molar-refractivity contribution is 0.00882. The van der Waals surface area contributed by atoms with Crippen molar-refractivity contribution >= 4 is 28.9 Å². The van der Waals surface area contributed by atoms with Gasteiger partial charge in [-0.2, -0.15) is 4.68 Å². The van der Waals surface area contributed by atoms with Crippen molar-refractivity contribution in [3.8, 4) is 0 Å². The molecule has 0 N–H and O–H groups in total. The van der Waals surface area contributed by atoms with Gasteiger partial charge in [-0.3, -0.25) is 0 Å². The maximum atomic E-state index is 12.1. The highest BCUT2D eigenvalue weighted by molar-refractivity contribution is 6.36. The molecule has 0 fully saturated rings. The predicted molar refractivity (Wildman–Crippen MR) is 87.1 cm³/mol. The zero-order valence-corrected chi connectivity index (χ0v) is 14.8. The number of hydrogen-bond acceptors (Lipinski definition) is 4. The van der Waals surface area contributed by atoms with Crippen LogP contribution >= 0.6 is 23.2 Å². The first-order chi connectivity index (χ1) is 10.0. The first-order valence-electron chi connectivity index (χ1n) is 7.08. The van der Waals surface area contributed by atoms with Gasteiger partial charge in [-0.15, -0.1) is 5.10 Å². The van der Waals surface area contributed by atoms with E-state index in [1.54, 1.807) is 12.2 Å². The molecule has 1 aromatic heterocycles. The van der Waals surface area contributed by atoms with E-state index in [-0.39, 0.29) is 11.5 Å². The lowest BCUT2D eigenvalue weighted by Crippen LogP contribution is -2.30. The lowest BCUT2D eigenvalue weighted by Gasteiger charge is -2.29. The van der Waals surface area contributed by atoms with Gasteiger partial charge in [0.2, 0.25) is 5.89 Å². The van der Waals surface area contributed by atoms with Crippen LogP contribution in [0, 0.1) is 0 Å². The first-order valence-corrected chi connectivity index (χ1v) is 7.84. The molecule has 1 atom stereocenters. The van der Waals surface area contributed by atoms with Gasteiger partial charge >= 0.3 is 5.76 Å². The highest BCUT2D eigenvalue weighted by Crippen LogP contribution is 2.36. The van der Waals surface area contributed by atoms with Gasteiger partial charge in [0.15, 0.2) is 5.06 Å². The minimum absolute atomic E-state index is 0.0700. The molecular formula is C15H20Cl2N2O3. The number of ether oxygens (including phenoxy) is 1. The summed E-state index contributed by atoms with van der Waals surface area (Å²) >= 11 is 12.7. The number of nitrogens with zero attached hydrogens (tertiary/aromatic N) is 2. The fraction of sp³-hybridized carbons (Fsp3) is 0.600. The Hall–Kier alpha value is -1.04. The summed E-state index contributed by atoms with van der Waals surface area (Å²) in [5, 5.41) is 3.56. The Balaban J connectivity index is 2.48. The van der Waals surface area contributed by atoms with E-state index in [1.165, 1.54) is 0 Å². The smallest absolute Gasteiger partial charge is 0.391 e. The van der Waals surface area contributed by atoms with Crippen molar-refractivity contribution in [2.45, 2.75) is 57.6 Å². The van der Waals surface area contributed by atoms with E-state index >= 15 is 0 Å². The second-order valence-corrected chi connectivity index (χ2v) is 7.62. The van der Waals surface area contributed by atoms with Crippen molar-refractivity contribution < 1.29 is 9.15 Å². The van der Waals surface area contributed by atoms with Crippen molar-refractivity contribution in [1.29, 1.82) is 0 Å². The molecule has 2 rings (SSSR count). The summed E-state index contributed by atoms with van der Waals surface area (Å²) in [6, 6.07) is 0. The van der Waals surface area contributed by atoms with Gasteiger partial charge in [-0.05, 0) is 19.9 Å². The molecule has 0 radical (unpaired) electrons. The van der Waals surface area contributed by atoms with Crippen LogP contribution in [-0.4, -0.2) is 20.9 Å². The van der Waals surface area contributed by atoms with Crippen LogP contribution in [0.1, 0.15) is 46.9 Å². The topological polar surface area (TPSA) is 57.3 Å². The molecular weight excluding hydrogens is 327 g/mol. The Bertz CT molecular complexity index is 680. The third kappa shape index (κ3) is 3.65. The summed E-state index contributed by atoms with van der Waals surface area (Å²) in [5.74, 6) is -0.272. The molecule has 0 saturated heterocycles. The SMILES string of the molecule is CC(C)OC1(Cl)C=C(n2nc(C(C)(C)C)oc2=O)C(Cl)=CC1. The Labute approximate surface area is 139 Å². The van der Waals surface area contributed by atoms with Crippen molar-refractivity contribution in [3.05, 3.63) is 33.6 Å². The van der Waals surface area contributed by atoms with Crippen molar-refractivity contribution in [2.24, 2.45) is 0 Å². The molecule has 5 nitrogen and oxygen atoms in total. The number of halogens is 2. The molecule has 0 saturated carbocycles. The minimum Gasteiger partial charge on any atom is -0.391 e. The normalized spacial score (nSPS) is 22.7. The third-order valence-corrected chi connectivity index (χ3v) is 3.71. The molecule has 122 valence electrons. The van der Waals surface area contributed by atoms with E-state index in [2.05, 4.69) is 5.10 Å². The summed E-state index contributed by atoms with van der Waals surface area (Å²) in [7, 11) is 0. The maximum absolute atomic E-state index is 12.1. The molecule has 0 aliphatic heterocycles. The van der Waals surface area contributed by atoms with Gasteiger partial charge in [0.25, 0.3) is 0 Å². The summed E-state index contributed by atoms with van der Waals surface area (Å²) in [5.41, 5.74) is -0.0182. The van der Waals surface area contributed by atoms with Crippen LogP contribution < -0.4 is 5.76 Å². The van der Waals surface area contributed by atoms with Crippen molar-refractivity contribution in [1.82, 2.24) is 9.78 Å². The maximum Gasteiger partial charge on any atom is 0.442 e. The molecule has 7 heteroatoms. The van der Waals surface area contributed by atoms with Gasteiger partial charge in [-0.1, -0.05) is 50.0 Å². The van der Waals surface area contributed by atoms with E-state index < -0.39 is 10.8 Å².